The molecule has 0 radical (unpaired) electrons. The Morgan fingerprint density at radius 1 is 0.857 bits per heavy atom. The molecule has 2 nitrogen and oxygen atoms in total. The number of ether oxygens (including phenoxy) is 2. The normalized spacial score (nSPS) is 12.8. The van der Waals surface area contributed by atoms with E-state index in [1.54, 1.807) is 13.8 Å². The van der Waals surface area contributed by atoms with Crippen molar-refractivity contribution in [3.63, 3.8) is 0 Å². The second-order valence-electron chi connectivity index (χ2n) is 4.51. The van der Waals surface area contributed by atoms with Crippen molar-refractivity contribution in [1.82, 2.24) is 0 Å². The molecule has 0 heterocycles. The van der Waals surface area contributed by atoms with Crippen LogP contribution in [0.25, 0.3) is 0 Å². The van der Waals surface area contributed by atoms with Crippen molar-refractivity contribution < 1.29 is 35.8 Å². The molecular formula is C13H14F6O2. The second kappa shape index (κ2) is 6.55. The second-order valence-corrected chi connectivity index (χ2v) is 4.51. The van der Waals surface area contributed by atoms with Gasteiger partial charge < -0.3 is 9.47 Å². The van der Waals surface area contributed by atoms with E-state index in [9.17, 15) is 26.3 Å². The van der Waals surface area contributed by atoms with Crippen LogP contribution in [0.15, 0.2) is 18.2 Å². The Kier molecular flexibility index (Phi) is 5.49. The van der Waals surface area contributed by atoms with Gasteiger partial charge in [-0.2, -0.15) is 26.3 Å². The summed E-state index contributed by atoms with van der Waals surface area (Å²) in [5.74, 6) is -0.496. The maximum atomic E-state index is 12.6. The summed E-state index contributed by atoms with van der Waals surface area (Å²) < 4.78 is 85.5. The largest absolute Gasteiger partial charge is 0.491 e. The van der Waals surface area contributed by atoms with Crippen LogP contribution in [-0.2, 0) is 17.1 Å². The van der Waals surface area contributed by atoms with Crippen molar-refractivity contribution in [1.29, 1.82) is 0 Å². The van der Waals surface area contributed by atoms with Gasteiger partial charge in [-0.15, -0.1) is 0 Å². The van der Waals surface area contributed by atoms with E-state index < -0.39 is 29.2 Å². The molecule has 1 aromatic carbocycles. The summed E-state index contributed by atoms with van der Waals surface area (Å²) in [5.41, 5.74) is -2.81. The summed E-state index contributed by atoms with van der Waals surface area (Å²) in [5, 5.41) is 0. The van der Waals surface area contributed by atoms with E-state index in [0.29, 0.717) is 12.1 Å². The van der Waals surface area contributed by atoms with Crippen molar-refractivity contribution >= 4 is 0 Å². The van der Waals surface area contributed by atoms with E-state index in [1.807, 2.05) is 0 Å². The molecule has 0 saturated carbocycles. The van der Waals surface area contributed by atoms with Gasteiger partial charge in [0.25, 0.3) is 0 Å². The number of halogens is 6. The number of rotatable bonds is 5. The van der Waals surface area contributed by atoms with E-state index >= 15 is 0 Å². The average Bonchev–Trinajstić information content (AvgIpc) is 2.32. The molecule has 0 saturated heterocycles. The molecule has 0 aliphatic heterocycles. The number of alkyl halides is 6. The average molecular weight is 316 g/mol. The molecule has 0 bridgehead atoms. The molecule has 0 amide bonds. The standard InChI is InChI=1S/C13H14F6O2/c1-8(2)20-3-4-21-11-6-9(12(14,15)16)5-10(7-11)13(17,18)19/h5-8H,3-4H2,1-2H3. The van der Waals surface area contributed by atoms with E-state index in [4.69, 9.17) is 9.47 Å². The fourth-order valence-corrected chi connectivity index (χ4v) is 1.45. The fraction of sp³-hybridized carbons (Fsp3) is 0.538. The molecule has 0 N–H and O–H groups in total. The lowest BCUT2D eigenvalue weighted by atomic mass is 10.1. The monoisotopic (exact) mass is 316 g/mol. The smallest absolute Gasteiger partial charge is 0.416 e. The summed E-state index contributed by atoms with van der Waals surface area (Å²) in [7, 11) is 0. The zero-order valence-corrected chi connectivity index (χ0v) is 11.3. The predicted molar refractivity (Wildman–Crippen MR) is 63.0 cm³/mol. The van der Waals surface area contributed by atoms with Crippen molar-refractivity contribution in [2.24, 2.45) is 0 Å². The minimum absolute atomic E-state index is 0.0531. The van der Waals surface area contributed by atoms with Crippen molar-refractivity contribution in [3.8, 4) is 5.75 Å². The molecule has 1 rings (SSSR count). The Morgan fingerprint density at radius 3 is 1.71 bits per heavy atom. The molecule has 1 aromatic rings. The van der Waals surface area contributed by atoms with Gasteiger partial charge in [0, 0.05) is 0 Å². The summed E-state index contributed by atoms with van der Waals surface area (Å²) in [6, 6.07) is 1.12. The molecule has 0 spiro atoms. The fourth-order valence-electron chi connectivity index (χ4n) is 1.45. The van der Waals surface area contributed by atoms with Gasteiger partial charge in [0.05, 0.1) is 23.8 Å². The molecule has 120 valence electrons. The van der Waals surface area contributed by atoms with Gasteiger partial charge >= 0.3 is 12.4 Å². The summed E-state index contributed by atoms with van der Waals surface area (Å²) >= 11 is 0. The topological polar surface area (TPSA) is 18.5 Å². The quantitative estimate of drug-likeness (QED) is 0.587. The van der Waals surface area contributed by atoms with Gasteiger partial charge in [0.1, 0.15) is 12.4 Å². The zero-order valence-electron chi connectivity index (χ0n) is 11.3. The highest BCUT2D eigenvalue weighted by molar-refractivity contribution is 5.37. The van der Waals surface area contributed by atoms with Gasteiger partial charge in [0.15, 0.2) is 0 Å². The number of hydrogen-bond acceptors (Lipinski definition) is 2. The Hall–Kier alpha value is -1.44. The maximum Gasteiger partial charge on any atom is 0.416 e. The van der Waals surface area contributed by atoms with E-state index in [1.165, 1.54) is 0 Å². The van der Waals surface area contributed by atoms with Crippen LogP contribution < -0.4 is 4.74 Å². The van der Waals surface area contributed by atoms with Crippen molar-refractivity contribution in [2.45, 2.75) is 32.3 Å². The van der Waals surface area contributed by atoms with Crippen molar-refractivity contribution in [3.05, 3.63) is 29.3 Å². The first-order valence-electron chi connectivity index (χ1n) is 6.04. The molecular weight excluding hydrogens is 302 g/mol. The molecule has 0 aliphatic carbocycles. The molecule has 8 heteroatoms. The van der Waals surface area contributed by atoms with Crippen LogP contribution in [0.4, 0.5) is 26.3 Å². The molecule has 0 fully saturated rings. The Bertz CT molecular complexity index is 432. The van der Waals surface area contributed by atoms with Gasteiger partial charge in [-0.1, -0.05) is 0 Å². The van der Waals surface area contributed by atoms with Gasteiger partial charge in [-0.05, 0) is 32.0 Å². The third-order valence-electron chi connectivity index (χ3n) is 2.36. The first-order valence-corrected chi connectivity index (χ1v) is 6.04. The van der Waals surface area contributed by atoms with Gasteiger partial charge in [-0.25, -0.2) is 0 Å². The Balaban J connectivity index is 2.93. The minimum atomic E-state index is -4.88. The summed E-state index contributed by atoms with van der Waals surface area (Å²) in [6.07, 6.45) is -9.87. The molecule has 0 atom stereocenters. The highest BCUT2D eigenvalue weighted by Gasteiger charge is 2.37. The molecule has 0 aliphatic rings. The van der Waals surface area contributed by atoms with Crippen LogP contribution in [0, 0.1) is 0 Å². The first kappa shape index (κ1) is 17.6. The Labute approximate surface area is 117 Å². The number of benzene rings is 1. The highest BCUT2D eigenvalue weighted by Crippen LogP contribution is 2.38. The first-order chi connectivity index (χ1) is 9.50. The van der Waals surface area contributed by atoms with Gasteiger partial charge in [0.2, 0.25) is 0 Å². The van der Waals surface area contributed by atoms with E-state index in [-0.39, 0.29) is 25.4 Å². The summed E-state index contributed by atoms with van der Waals surface area (Å²) in [4.78, 5) is 0. The van der Waals surface area contributed by atoms with Gasteiger partial charge in [-0.3, -0.25) is 0 Å². The molecule has 0 unspecified atom stereocenters. The molecule has 0 aromatic heterocycles. The van der Waals surface area contributed by atoms with Crippen LogP contribution in [0.5, 0.6) is 5.75 Å². The predicted octanol–water partition coefficient (Wildman–Crippen LogP) is 4.53. The zero-order chi connectivity index (χ0) is 16.3. The lowest BCUT2D eigenvalue weighted by Crippen LogP contribution is -2.14. The Morgan fingerprint density at radius 2 is 1.33 bits per heavy atom. The SMILES string of the molecule is CC(C)OCCOc1cc(C(F)(F)F)cc(C(F)(F)F)c1. The summed E-state index contributed by atoms with van der Waals surface area (Å²) in [6.45, 7) is 3.41. The van der Waals surface area contributed by atoms with Crippen LogP contribution in [0.2, 0.25) is 0 Å². The van der Waals surface area contributed by atoms with E-state index in [2.05, 4.69) is 0 Å². The third kappa shape index (κ3) is 5.82. The van der Waals surface area contributed by atoms with Crippen LogP contribution >= 0.6 is 0 Å². The van der Waals surface area contributed by atoms with Crippen LogP contribution in [0.3, 0.4) is 0 Å². The third-order valence-corrected chi connectivity index (χ3v) is 2.36. The van der Waals surface area contributed by atoms with Crippen LogP contribution in [-0.4, -0.2) is 19.3 Å². The van der Waals surface area contributed by atoms with Crippen molar-refractivity contribution in [2.75, 3.05) is 13.2 Å². The van der Waals surface area contributed by atoms with Crippen LogP contribution in [0.1, 0.15) is 25.0 Å². The van der Waals surface area contributed by atoms with E-state index in [0.717, 1.165) is 0 Å². The lowest BCUT2D eigenvalue weighted by Gasteiger charge is -2.15. The number of hydrogen-bond donors (Lipinski definition) is 0. The molecule has 21 heavy (non-hydrogen) atoms. The minimum Gasteiger partial charge on any atom is -0.491 e. The lowest BCUT2D eigenvalue weighted by molar-refractivity contribution is -0.143. The maximum absolute atomic E-state index is 12.6. The highest BCUT2D eigenvalue weighted by atomic mass is 19.4.